The van der Waals surface area contributed by atoms with Crippen LogP contribution in [0.4, 0.5) is 0 Å². The molecule has 1 saturated carbocycles. The maximum absolute atomic E-state index is 14.9. The lowest BCUT2D eigenvalue weighted by Crippen LogP contribution is -2.59. The van der Waals surface area contributed by atoms with Crippen LogP contribution in [0.3, 0.4) is 0 Å². The summed E-state index contributed by atoms with van der Waals surface area (Å²) in [5.74, 6) is -0.0299. The largest absolute Gasteiger partial charge is 0.462 e. The smallest absolute Gasteiger partial charge is 0.306 e. The van der Waals surface area contributed by atoms with E-state index in [0.717, 1.165) is 63.4 Å². The first-order chi connectivity index (χ1) is 29.3. The van der Waals surface area contributed by atoms with Crippen LogP contribution < -0.4 is 0 Å². The minimum Gasteiger partial charge on any atom is -0.462 e. The van der Waals surface area contributed by atoms with E-state index < -0.39 is 24.6 Å². The number of cyclic esters (lactones) is 1. The van der Waals surface area contributed by atoms with Crippen molar-refractivity contribution < 1.29 is 52.3 Å². The fraction of sp³-hybridized carbons (Fsp3) is 0.857. The molecule has 3 unspecified atom stereocenters. The number of nitrogens with zero attached hydrogens (tertiary/aromatic N) is 1. The molecular formula is C49H79NO11. The highest BCUT2D eigenvalue weighted by Gasteiger charge is 2.54. The van der Waals surface area contributed by atoms with Crippen LogP contribution in [0.25, 0.3) is 0 Å². The number of Topliss-reactive ketones (excluding diaryl/α,β-unsaturated/α-hetero) is 1. The predicted octanol–water partition coefficient (Wildman–Crippen LogP) is 7.99. The maximum atomic E-state index is 14.9. The first-order valence-corrected chi connectivity index (χ1v) is 23.9. The van der Waals surface area contributed by atoms with Crippen LogP contribution in [0.2, 0.25) is 0 Å². The van der Waals surface area contributed by atoms with Crippen LogP contribution in [0, 0.1) is 41.4 Å². The molecule has 3 aliphatic carbocycles. The second-order valence-corrected chi connectivity index (χ2v) is 19.2. The zero-order valence-corrected chi connectivity index (χ0v) is 39.2. The van der Waals surface area contributed by atoms with Crippen LogP contribution >= 0.6 is 0 Å². The molecule has 3 saturated heterocycles. The molecule has 61 heavy (non-hydrogen) atoms. The lowest BCUT2D eigenvalue weighted by Gasteiger charge is -2.44. The van der Waals surface area contributed by atoms with Gasteiger partial charge in [0.1, 0.15) is 24.4 Å². The number of ketones is 1. The molecule has 0 spiro atoms. The van der Waals surface area contributed by atoms with Gasteiger partial charge in [0, 0.05) is 52.6 Å². The minimum atomic E-state index is -0.617. The molecule has 0 aromatic carbocycles. The van der Waals surface area contributed by atoms with Gasteiger partial charge in [0.2, 0.25) is 5.91 Å². The molecule has 0 aromatic heterocycles. The summed E-state index contributed by atoms with van der Waals surface area (Å²) >= 11 is 0. The number of fused-ring (bicyclic) bond motifs is 5. The Kier molecular flexibility index (Phi) is 17.1. The van der Waals surface area contributed by atoms with Crippen molar-refractivity contribution in [2.24, 2.45) is 41.4 Å². The van der Waals surface area contributed by atoms with E-state index in [1.807, 2.05) is 32.7 Å². The fourth-order valence-corrected chi connectivity index (χ4v) is 12.1. The molecule has 1 amide bonds. The SMILES string of the molecule is CCCC(CCC)C(=O)N(C)[C@H]1CC[C@H](O[C@H]2CCC[C@H](CC)OC(=O)C[C@@H]3C(=C[C@@H]4[C@H]3C=C(C)[C@@H]3C[C@@H](O[C@@H]5OC(C)[C@H](OC)C(OC)[C@@H]5OC)C[C@@H]43)C(=O)[C@@H]2C)OC1C. The highest BCUT2D eigenvalue weighted by Crippen LogP contribution is 2.56. The van der Waals surface area contributed by atoms with Gasteiger partial charge in [-0.15, -0.1) is 0 Å². The quantitative estimate of drug-likeness (QED) is 0.125. The second kappa shape index (κ2) is 21.7. The van der Waals surface area contributed by atoms with Gasteiger partial charge in [-0.1, -0.05) is 58.3 Å². The summed E-state index contributed by atoms with van der Waals surface area (Å²) in [5, 5.41) is 0. The first-order valence-electron chi connectivity index (χ1n) is 23.9. The number of carbonyl (C=O) groups excluding carboxylic acids is 3. The van der Waals surface area contributed by atoms with Crippen LogP contribution in [-0.4, -0.2) is 118 Å². The van der Waals surface area contributed by atoms with Gasteiger partial charge in [-0.05, 0) is 108 Å². The van der Waals surface area contributed by atoms with Gasteiger partial charge in [-0.2, -0.15) is 0 Å². The molecular weight excluding hydrogens is 779 g/mol. The van der Waals surface area contributed by atoms with Crippen molar-refractivity contribution in [1.82, 2.24) is 4.90 Å². The van der Waals surface area contributed by atoms with Crippen molar-refractivity contribution in [2.75, 3.05) is 28.4 Å². The van der Waals surface area contributed by atoms with Crippen molar-refractivity contribution in [3.8, 4) is 0 Å². The summed E-state index contributed by atoms with van der Waals surface area (Å²) in [7, 11) is 6.90. The van der Waals surface area contributed by atoms with Crippen LogP contribution in [-0.2, 0) is 52.3 Å². The van der Waals surface area contributed by atoms with E-state index in [-0.39, 0.29) is 108 Å². The van der Waals surface area contributed by atoms with Crippen LogP contribution in [0.5, 0.6) is 0 Å². The third kappa shape index (κ3) is 10.5. The number of esters is 1. The van der Waals surface area contributed by atoms with Gasteiger partial charge in [-0.25, -0.2) is 0 Å². The molecule has 0 bridgehead atoms. The lowest BCUT2D eigenvalue weighted by molar-refractivity contribution is -0.314. The molecule has 17 atom stereocenters. The van der Waals surface area contributed by atoms with Crippen molar-refractivity contribution in [3.63, 3.8) is 0 Å². The van der Waals surface area contributed by atoms with E-state index in [1.54, 1.807) is 21.3 Å². The molecule has 12 nitrogen and oxygen atoms in total. The predicted molar refractivity (Wildman–Crippen MR) is 231 cm³/mol. The third-order valence-electron chi connectivity index (χ3n) is 15.5. The summed E-state index contributed by atoms with van der Waals surface area (Å²) in [5.41, 5.74) is 2.02. The number of likely N-dealkylation sites (N-methyl/N-ethyl adjacent to an activating group) is 1. The Morgan fingerprint density at radius 2 is 1.52 bits per heavy atom. The van der Waals surface area contributed by atoms with Crippen molar-refractivity contribution >= 4 is 17.7 Å². The Balaban J connectivity index is 1.19. The molecule has 6 aliphatic rings. The molecule has 6 rings (SSSR count). The highest BCUT2D eigenvalue weighted by atomic mass is 16.7. The summed E-state index contributed by atoms with van der Waals surface area (Å²) in [6.07, 6.45) is 11.1. The summed E-state index contributed by atoms with van der Waals surface area (Å²) in [4.78, 5) is 44.1. The van der Waals surface area contributed by atoms with E-state index in [9.17, 15) is 14.4 Å². The molecule has 3 aliphatic heterocycles. The first kappa shape index (κ1) is 48.3. The number of allylic oxidation sites excluding steroid dienone is 4. The van der Waals surface area contributed by atoms with Crippen LogP contribution in [0.15, 0.2) is 23.3 Å². The van der Waals surface area contributed by atoms with Crippen molar-refractivity contribution in [3.05, 3.63) is 23.3 Å². The highest BCUT2D eigenvalue weighted by molar-refractivity contribution is 5.99. The number of carbonyl (C=O) groups is 3. The molecule has 12 heteroatoms. The Morgan fingerprint density at radius 3 is 2.16 bits per heavy atom. The van der Waals surface area contributed by atoms with E-state index >= 15 is 0 Å². The Bertz CT molecular complexity index is 1540. The van der Waals surface area contributed by atoms with Crippen molar-refractivity contribution in [2.45, 2.75) is 199 Å². The molecule has 0 radical (unpaired) electrons. The lowest BCUT2D eigenvalue weighted by atomic mass is 9.67. The zero-order valence-electron chi connectivity index (χ0n) is 39.2. The molecule has 3 heterocycles. The van der Waals surface area contributed by atoms with Crippen molar-refractivity contribution in [1.29, 1.82) is 0 Å². The minimum absolute atomic E-state index is 0.00695. The van der Waals surface area contributed by atoms with E-state index in [2.05, 4.69) is 39.8 Å². The van der Waals surface area contributed by atoms with Gasteiger partial charge >= 0.3 is 5.97 Å². The van der Waals surface area contributed by atoms with Gasteiger partial charge in [0.25, 0.3) is 0 Å². The van der Waals surface area contributed by atoms with Crippen LogP contribution in [0.1, 0.15) is 132 Å². The summed E-state index contributed by atoms with van der Waals surface area (Å²) in [6, 6.07) is -0.0296. The number of ether oxygens (including phenoxy) is 8. The maximum Gasteiger partial charge on any atom is 0.306 e. The van der Waals surface area contributed by atoms with E-state index in [0.29, 0.717) is 19.3 Å². The number of rotatable bonds is 14. The number of amides is 1. The van der Waals surface area contributed by atoms with Gasteiger partial charge < -0.3 is 42.8 Å². The Hall–Kier alpha value is -2.19. The van der Waals surface area contributed by atoms with Gasteiger partial charge in [0.05, 0.1) is 36.9 Å². The topological polar surface area (TPSA) is 128 Å². The van der Waals surface area contributed by atoms with E-state index in [1.165, 1.54) is 5.57 Å². The average molecular weight is 858 g/mol. The number of hydrogen-bond donors (Lipinski definition) is 0. The average Bonchev–Trinajstić information content (AvgIpc) is 3.82. The second-order valence-electron chi connectivity index (χ2n) is 19.2. The standard InChI is InChI=1S/C49H79NO11/c1-12-16-31(17-13-2)48(53)50(8)40-20-21-43(57-29(40)6)61-41-19-15-18-32(14-3)59-42(51)26-38-35-22-27(4)34-23-33(24-36(34)37(35)25-39(38)44(52)28(41)5)60-49-47(56-11)46(55-10)45(54-9)30(7)58-49/h22,25,28-38,40-41,43,45-47,49H,12-21,23-24,26H2,1-11H3/t28-,29?,30?,32+,33-,34+,35-,36-,37-,38+,40+,41+,43+,45+,46?,47+,49+/m1/s1. The number of hydrogen-bond acceptors (Lipinski definition) is 11. The monoisotopic (exact) mass is 858 g/mol. The molecule has 0 aromatic rings. The fourth-order valence-electron chi connectivity index (χ4n) is 12.1. The van der Waals surface area contributed by atoms with Gasteiger partial charge in [0.15, 0.2) is 18.4 Å². The summed E-state index contributed by atoms with van der Waals surface area (Å²) in [6.45, 7) is 14.5. The zero-order chi connectivity index (χ0) is 44.1. The Morgan fingerprint density at radius 1 is 0.820 bits per heavy atom. The molecule has 4 fully saturated rings. The van der Waals surface area contributed by atoms with E-state index in [4.69, 9.17) is 37.9 Å². The normalized spacial score (nSPS) is 40.8. The number of methoxy groups -OCH3 is 3. The third-order valence-corrected chi connectivity index (χ3v) is 15.5. The molecule has 0 N–H and O–H groups in total. The summed E-state index contributed by atoms with van der Waals surface area (Å²) < 4.78 is 50.2. The molecule has 346 valence electrons. The van der Waals surface area contributed by atoms with Gasteiger partial charge in [-0.3, -0.25) is 14.4 Å². The Labute approximate surface area is 366 Å².